The van der Waals surface area contributed by atoms with E-state index in [0.29, 0.717) is 18.3 Å². The summed E-state index contributed by atoms with van der Waals surface area (Å²) in [7, 11) is 2.05. The van der Waals surface area contributed by atoms with Crippen molar-refractivity contribution in [1.82, 2.24) is 4.90 Å². The fraction of sp³-hybridized carbons (Fsp3) is 0.571. The molecule has 1 aromatic rings. The molecule has 0 aliphatic rings. The number of rotatable bonds is 6. The van der Waals surface area contributed by atoms with Crippen LogP contribution in [0, 0.1) is 0 Å². The highest BCUT2D eigenvalue weighted by Crippen LogP contribution is 2.18. The van der Waals surface area contributed by atoms with Crippen molar-refractivity contribution in [2.45, 2.75) is 38.8 Å². The van der Waals surface area contributed by atoms with Crippen molar-refractivity contribution >= 4 is 5.69 Å². The average Bonchev–Trinajstić information content (AvgIpc) is 2.29. The molecule has 3 nitrogen and oxygen atoms in total. The van der Waals surface area contributed by atoms with Crippen molar-refractivity contribution in [2.75, 3.05) is 19.3 Å². The number of hydrogen-bond acceptors (Lipinski definition) is 3. The Labute approximate surface area is 104 Å². The van der Waals surface area contributed by atoms with Crippen LogP contribution in [-0.4, -0.2) is 29.6 Å². The highest BCUT2D eigenvalue weighted by molar-refractivity contribution is 5.41. The van der Waals surface area contributed by atoms with Crippen LogP contribution in [0.2, 0.25) is 0 Å². The first kappa shape index (κ1) is 14.0. The lowest BCUT2D eigenvalue weighted by Crippen LogP contribution is -2.32. The molecule has 0 radical (unpaired) electrons. The van der Waals surface area contributed by atoms with Crippen molar-refractivity contribution in [3.8, 4) is 0 Å². The van der Waals surface area contributed by atoms with Gasteiger partial charge in [-0.05, 0) is 38.1 Å². The largest absolute Gasteiger partial charge is 0.399 e. The third-order valence-corrected chi connectivity index (χ3v) is 3.22. The molecule has 0 bridgehead atoms. The lowest BCUT2D eigenvalue weighted by atomic mass is 10.1. The van der Waals surface area contributed by atoms with Crippen LogP contribution in [-0.2, 0) is 0 Å². The molecular weight excluding hydrogens is 212 g/mol. The average molecular weight is 236 g/mol. The third-order valence-electron chi connectivity index (χ3n) is 3.22. The summed E-state index contributed by atoms with van der Waals surface area (Å²) >= 11 is 0. The second kappa shape index (κ2) is 6.62. The van der Waals surface area contributed by atoms with Crippen molar-refractivity contribution in [3.05, 3.63) is 29.8 Å². The number of aliphatic hydroxyl groups is 1. The molecule has 96 valence electrons. The van der Waals surface area contributed by atoms with Crippen LogP contribution in [0.25, 0.3) is 0 Å². The minimum Gasteiger partial charge on any atom is -0.399 e. The van der Waals surface area contributed by atoms with Gasteiger partial charge in [0, 0.05) is 18.3 Å². The van der Waals surface area contributed by atoms with Crippen LogP contribution in [0.4, 0.5) is 5.69 Å². The van der Waals surface area contributed by atoms with E-state index in [-0.39, 0.29) is 0 Å². The first-order valence-electron chi connectivity index (χ1n) is 6.28. The van der Waals surface area contributed by atoms with E-state index in [1.54, 1.807) is 0 Å². The summed E-state index contributed by atoms with van der Waals surface area (Å²) in [6.07, 6.45) is 1.85. The molecule has 3 N–H and O–H groups in total. The fourth-order valence-electron chi connectivity index (χ4n) is 1.96. The number of likely N-dealkylation sites (N-methyl/N-ethyl adjacent to an activating group) is 1. The molecule has 0 amide bonds. The maximum Gasteiger partial charge on any atom is 0.0917 e. The van der Waals surface area contributed by atoms with E-state index in [9.17, 15) is 5.11 Å². The molecule has 1 rings (SSSR count). The van der Waals surface area contributed by atoms with E-state index in [0.717, 1.165) is 12.0 Å². The first-order valence-corrected chi connectivity index (χ1v) is 6.28. The second-order valence-corrected chi connectivity index (χ2v) is 4.76. The molecule has 0 aliphatic carbocycles. The van der Waals surface area contributed by atoms with Crippen LogP contribution in [0.5, 0.6) is 0 Å². The van der Waals surface area contributed by atoms with Crippen molar-refractivity contribution in [1.29, 1.82) is 0 Å². The van der Waals surface area contributed by atoms with Crippen molar-refractivity contribution in [2.24, 2.45) is 0 Å². The molecule has 0 saturated heterocycles. The van der Waals surface area contributed by atoms with Crippen molar-refractivity contribution in [3.63, 3.8) is 0 Å². The molecule has 0 aliphatic heterocycles. The number of nitrogen functional groups attached to an aromatic ring is 1. The maximum atomic E-state index is 10.1. The van der Waals surface area contributed by atoms with E-state index in [1.165, 1.54) is 6.42 Å². The van der Waals surface area contributed by atoms with Gasteiger partial charge in [0.25, 0.3) is 0 Å². The summed E-state index contributed by atoms with van der Waals surface area (Å²) in [6.45, 7) is 5.01. The quantitative estimate of drug-likeness (QED) is 0.746. The van der Waals surface area contributed by atoms with E-state index >= 15 is 0 Å². The molecular formula is C14H24N2O. The molecule has 1 aromatic carbocycles. The Balaban J connectivity index is 2.56. The van der Waals surface area contributed by atoms with Gasteiger partial charge in [0.2, 0.25) is 0 Å². The monoisotopic (exact) mass is 236 g/mol. The van der Waals surface area contributed by atoms with Crippen LogP contribution >= 0.6 is 0 Å². The standard InChI is InChI=1S/C14H24N2O/c1-4-6-11(2)16(3)10-14(17)12-7-5-8-13(15)9-12/h5,7-9,11,14,17H,4,6,10,15H2,1-3H3. The molecule has 2 unspecified atom stereocenters. The predicted octanol–water partition coefficient (Wildman–Crippen LogP) is 2.42. The molecule has 0 fully saturated rings. The van der Waals surface area contributed by atoms with E-state index in [2.05, 4.69) is 25.8 Å². The number of benzene rings is 1. The van der Waals surface area contributed by atoms with E-state index < -0.39 is 6.10 Å². The maximum absolute atomic E-state index is 10.1. The molecule has 2 atom stereocenters. The van der Waals surface area contributed by atoms with Gasteiger partial charge < -0.3 is 15.7 Å². The Bertz CT molecular complexity index is 341. The first-order chi connectivity index (χ1) is 8.04. The van der Waals surface area contributed by atoms with Gasteiger partial charge in [-0.3, -0.25) is 0 Å². The minimum absolute atomic E-state index is 0.470. The number of anilines is 1. The van der Waals surface area contributed by atoms with Crippen LogP contribution < -0.4 is 5.73 Å². The van der Waals surface area contributed by atoms with Crippen LogP contribution in [0.3, 0.4) is 0 Å². The van der Waals surface area contributed by atoms with Crippen molar-refractivity contribution < 1.29 is 5.11 Å². The van der Waals surface area contributed by atoms with Gasteiger partial charge in [-0.2, -0.15) is 0 Å². The Morgan fingerprint density at radius 2 is 2.12 bits per heavy atom. The molecule has 0 heterocycles. The summed E-state index contributed by atoms with van der Waals surface area (Å²) in [5.74, 6) is 0. The lowest BCUT2D eigenvalue weighted by molar-refractivity contribution is 0.106. The molecule has 3 heteroatoms. The van der Waals surface area contributed by atoms with Gasteiger partial charge >= 0.3 is 0 Å². The van der Waals surface area contributed by atoms with Crippen LogP contribution in [0.1, 0.15) is 38.4 Å². The molecule has 17 heavy (non-hydrogen) atoms. The zero-order chi connectivity index (χ0) is 12.8. The predicted molar refractivity (Wildman–Crippen MR) is 72.8 cm³/mol. The SMILES string of the molecule is CCCC(C)N(C)CC(O)c1cccc(N)c1. The normalized spacial score (nSPS) is 14.9. The van der Waals surface area contributed by atoms with Gasteiger partial charge in [0.05, 0.1) is 6.10 Å². The Hall–Kier alpha value is -1.06. The number of hydrogen-bond donors (Lipinski definition) is 2. The van der Waals surface area contributed by atoms with Gasteiger partial charge in [-0.25, -0.2) is 0 Å². The summed E-state index contributed by atoms with van der Waals surface area (Å²) in [5, 5.41) is 10.1. The minimum atomic E-state index is -0.470. The number of aliphatic hydroxyl groups excluding tert-OH is 1. The summed E-state index contributed by atoms with van der Waals surface area (Å²) in [5.41, 5.74) is 7.30. The second-order valence-electron chi connectivity index (χ2n) is 4.76. The highest BCUT2D eigenvalue weighted by atomic mass is 16.3. The summed E-state index contributed by atoms with van der Waals surface area (Å²) in [4.78, 5) is 2.19. The van der Waals surface area contributed by atoms with Gasteiger partial charge in [-0.1, -0.05) is 25.5 Å². The molecule has 0 saturated carbocycles. The summed E-state index contributed by atoms with van der Waals surface area (Å²) in [6, 6.07) is 7.96. The van der Waals surface area contributed by atoms with Gasteiger partial charge in [-0.15, -0.1) is 0 Å². The molecule has 0 aromatic heterocycles. The Morgan fingerprint density at radius 3 is 2.71 bits per heavy atom. The smallest absolute Gasteiger partial charge is 0.0917 e. The zero-order valence-electron chi connectivity index (χ0n) is 11.1. The fourth-order valence-corrected chi connectivity index (χ4v) is 1.96. The van der Waals surface area contributed by atoms with E-state index in [1.807, 2.05) is 24.3 Å². The zero-order valence-corrected chi connectivity index (χ0v) is 11.1. The van der Waals surface area contributed by atoms with Gasteiger partial charge in [0.15, 0.2) is 0 Å². The van der Waals surface area contributed by atoms with E-state index in [4.69, 9.17) is 5.73 Å². The summed E-state index contributed by atoms with van der Waals surface area (Å²) < 4.78 is 0. The highest BCUT2D eigenvalue weighted by Gasteiger charge is 2.14. The van der Waals surface area contributed by atoms with Gasteiger partial charge in [0.1, 0.15) is 0 Å². The number of nitrogens with zero attached hydrogens (tertiary/aromatic N) is 1. The topological polar surface area (TPSA) is 49.5 Å². The lowest BCUT2D eigenvalue weighted by Gasteiger charge is -2.27. The third kappa shape index (κ3) is 4.36. The Morgan fingerprint density at radius 1 is 1.41 bits per heavy atom. The Kier molecular flexibility index (Phi) is 5.45. The van der Waals surface area contributed by atoms with Crippen LogP contribution in [0.15, 0.2) is 24.3 Å². The molecule has 0 spiro atoms. The number of nitrogens with two attached hydrogens (primary N) is 1.